The Hall–Kier alpha value is -3.18. The van der Waals surface area contributed by atoms with Crippen molar-refractivity contribution in [2.24, 2.45) is 13.0 Å². The molecule has 0 spiro atoms. The number of hydrogen-bond donors (Lipinski definition) is 2. The van der Waals surface area contributed by atoms with Crippen molar-refractivity contribution in [3.05, 3.63) is 40.6 Å². The number of hydrogen-bond acceptors (Lipinski definition) is 9. The number of carbonyl (C=O) groups is 1. The maximum Gasteiger partial charge on any atom is 0.381 e. The van der Waals surface area contributed by atoms with Crippen LogP contribution in [-0.4, -0.2) is 47.5 Å². The van der Waals surface area contributed by atoms with Crippen molar-refractivity contribution >= 4 is 28.1 Å². The van der Waals surface area contributed by atoms with Gasteiger partial charge in [-0.1, -0.05) is 25.2 Å². The molecule has 3 heterocycles. The summed E-state index contributed by atoms with van der Waals surface area (Å²) in [4.78, 5) is 25.1. The molecule has 3 aromatic heterocycles. The number of ether oxygens (including phenoxy) is 2. The predicted molar refractivity (Wildman–Crippen MR) is 118 cm³/mol. The summed E-state index contributed by atoms with van der Waals surface area (Å²) in [5, 5.41) is 14.9. The predicted octanol–water partition coefficient (Wildman–Crippen LogP) is 2.84. The first-order valence-corrected chi connectivity index (χ1v) is 10.4. The van der Waals surface area contributed by atoms with E-state index in [1.807, 2.05) is 43.8 Å². The van der Waals surface area contributed by atoms with Gasteiger partial charge in [-0.2, -0.15) is 0 Å². The number of rotatable bonds is 9. The second kappa shape index (κ2) is 9.75. The van der Waals surface area contributed by atoms with Crippen molar-refractivity contribution < 1.29 is 18.7 Å². The van der Waals surface area contributed by atoms with Crippen LogP contribution in [0.2, 0.25) is 0 Å². The van der Waals surface area contributed by atoms with Crippen LogP contribution in [0.4, 0.5) is 10.8 Å². The Morgan fingerprint density at radius 3 is 2.71 bits per heavy atom. The molecule has 0 radical (unpaired) electrons. The van der Waals surface area contributed by atoms with Crippen LogP contribution in [0.3, 0.4) is 0 Å². The van der Waals surface area contributed by atoms with Gasteiger partial charge >= 0.3 is 5.63 Å². The maximum absolute atomic E-state index is 12.7. The van der Waals surface area contributed by atoms with Crippen LogP contribution in [0.1, 0.15) is 24.4 Å². The van der Waals surface area contributed by atoms with E-state index in [4.69, 9.17) is 13.9 Å². The van der Waals surface area contributed by atoms with Gasteiger partial charge in [0.25, 0.3) is 5.91 Å². The molecule has 31 heavy (non-hydrogen) atoms. The molecule has 0 unspecified atom stereocenters. The van der Waals surface area contributed by atoms with Gasteiger partial charge in [-0.25, -0.2) is 4.79 Å². The Morgan fingerprint density at radius 2 is 2.10 bits per heavy atom. The van der Waals surface area contributed by atoms with E-state index in [9.17, 15) is 9.59 Å². The van der Waals surface area contributed by atoms with Crippen LogP contribution >= 0.6 is 11.3 Å². The summed E-state index contributed by atoms with van der Waals surface area (Å²) < 4.78 is 17.5. The third-order valence-corrected chi connectivity index (χ3v) is 5.50. The van der Waals surface area contributed by atoms with E-state index in [2.05, 4.69) is 20.8 Å². The average molecular weight is 448 g/mol. The summed E-state index contributed by atoms with van der Waals surface area (Å²) in [5.41, 5.74) is 0.457. The fourth-order valence-electron chi connectivity index (χ4n) is 2.89. The van der Waals surface area contributed by atoms with E-state index in [0.29, 0.717) is 17.3 Å². The fourth-order valence-corrected chi connectivity index (χ4v) is 3.70. The maximum atomic E-state index is 12.7. The van der Waals surface area contributed by atoms with E-state index in [0.717, 1.165) is 5.69 Å². The zero-order valence-corrected chi connectivity index (χ0v) is 18.8. The van der Waals surface area contributed by atoms with Gasteiger partial charge in [0.15, 0.2) is 10.8 Å². The van der Waals surface area contributed by atoms with Gasteiger partial charge in [-0.3, -0.25) is 10.1 Å². The second-order valence-electron chi connectivity index (χ2n) is 7.17. The molecule has 2 N–H and O–H groups in total. The van der Waals surface area contributed by atoms with Crippen LogP contribution in [0.25, 0.3) is 10.7 Å². The zero-order valence-electron chi connectivity index (χ0n) is 18.0. The van der Waals surface area contributed by atoms with Crippen LogP contribution in [-0.2, 0) is 11.8 Å². The lowest BCUT2D eigenvalue weighted by atomic mass is 10.0. The molecule has 3 rings (SSSR count). The average Bonchev–Trinajstić information content (AvgIpc) is 3.35. The van der Waals surface area contributed by atoms with Crippen LogP contribution < -0.4 is 21.0 Å². The molecule has 1 atom stereocenters. The van der Waals surface area contributed by atoms with Crippen molar-refractivity contribution in [1.82, 2.24) is 14.8 Å². The minimum Gasteiger partial charge on any atom is -0.488 e. The number of nitrogens with zero attached hydrogens (tertiary/aromatic N) is 3. The molecule has 0 aliphatic carbocycles. The van der Waals surface area contributed by atoms with E-state index >= 15 is 0 Å². The lowest BCUT2D eigenvalue weighted by Gasteiger charge is -2.23. The lowest BCUT2D eigenvalue weighted by molar-refractivity contribution is 0.0991. The Kier molecular flexibility index (Phi) is 7.08. The van der Waals surface area contributed by atoms with Gasteiger partial charge in [0.2, 0.25) is 10.9 Å². The van der Waals surface area contributed by atoms with Gasteiger partial charge < -0.3 is 23.8 Å². The zero-order chi connectivity index (χ0) is 22.5. The first-order chi connectivity index (χ1) is 14.8. The quantitative estimate of drug-likeness (QED) is 0.514. The summed E-state index contributed by atoms with van der Waals surface area (Å²) in [7, 11) is 4.85. The molecule has 0 aromatic carbocycles. The van der Waals surface area contributed by atoms with Crippen LogP contribution in [0, 0.1) is 5.92 Å². The fraction of sp³-hybridized carbons (Fsp3) is 0.400. The molecule has 0 saturated carbocycles. The molecule has 0 aliphatic heterocycles. The summed E-state index contributed by atoms with van der Waals surface area (Å²) in [6.07, 6.45) is 1.89. The molecule has 0 fully saturated rings. The highest BCUT2D eigenvalue weighted by Crippen LogP contribution is 2.27. The lowest BCUT2D eigenvalue weighted by Crippen LogP contribution is -2.31. The molecule has 3 aromatic rings. The molecule has 0 aliphatic rings. The molecular weight excluding hydrogens is 422 g/mol. The van der Waals surface area contributed by atoms with Gasteiger partial charge in [0, 0.05) is 26.4 Å². The number of aryl methyl sites for hydroxylation is 1. The Balaban J connectivity index is 1.84. The number of carbonyl (C=O) groups excluding carboxylic acids is 1. The molecule has 1 amide bonds. The largest absolute Gasteiger partial charge is 0.488 e. The van der Waals surface area contributed by atoms with Gasteiger partial charge in [-0.05, 0) is 18.1 Å². The molecule has 0 saturated heterocycles. The third kappa shape index (κ3) is 5.12. The van der Waals surface area contributed by atoms with Gasteiger partial charge in [0.05, 0.1) is 31.1 Å². The molecule has 0 bridgehead atoms. The van der Waals surface area contributed by atoms with E-state index < -0.39 is 11.5 Å². The summed E-state index contributed by atoms with van der Waals surface area (Å²) in [6.45, 7) is 4.44. The monoisotopic (exact) mass is 447 g/mol. The minimum atomic E-state index is -0.765. The normalized spacial score (nSPS) is 12.1. The minimum absolute atomic E-state index is 0.0137. The number of anilines is 2. The highest BCUT2D eigenvalue weighted by molar-refractivity contribution is 7.18. The Labute approximate surface area is 183 Å². The van der Waals surface area contributed by atoms with Crippen LogP contribution in [0.15, 0.2) is 33.6 Å². The summed E-state index contributed by atoms with van der Waals surface area (Å²) in [6, 6.07) is 5.12. The highest BCUT2D eigenvalue weighted by atomic mass is 32.1. The van der Waals surface area contributed by atoms with Gasteiger partial charge in [0.1, 0.15) is 0 Å². The second-order valence-corrected chi connectivity index (χ2v) is 8.14. The number of aromatic nitrogens is 3. The van der Waals surface area contributed by atoms with Crippen LogP contribution in [0.5, 0.6) is 5.75 Å². The summed E-state index contributed by atoms with van der Waals surface area (Å²) >= 11 is 1.21. The van der Waals surface area contributed by atoms with Gasteiger partial charge in [-0.15, -0.1) is 10.2 Å². The Bertz CT molecular complexity index is 1100. The van der Waals surface area contributed by atoms with E-state index in [-0.39, 0.29) is 28.6 Å². The third-order valence-electron chi connectivity index (χ3n) is 4.64. The number of nitrogens with one attached hydrogen (secondary N) is 2. The first-order valence-electron chi connectivity index (χ1n) is 9.58. The number of methoxy groups -OCH3 is 2. The Morgan fingerprint density at radius 1 is 1.32 bits per heavy atom. The van der Waals surface area contributed by atoms with Crippen molar-refractivity contribution in [3.8, 4) is 16.5 Å². The van der Waals surface area contributed by atoms with Crippen molar-refractivity contribution in [2.75, 3.05) is 31.5 Å². The molecule has 11 heteroatoms. The standard InChI is InChI=1S/C20H25N5O5S/c1-11(2)13(10-28-4)21-12-9-15(30-19(27)16(12)29-5)17(26)22-20-24-23-18(31-20)14-7-6-8-25(14)3/h6-9,11,13,21H,10H2,1-5H3,(H,22,24,26)/t13-/m1/s1. The topological polar surface area (TPSA) is 121 Å². The molecule has 10 nitrogen and oxygen atoms in total. The summed E-state index contributed by atoms with van der Waals surface area (Å²) in [5.74, 6) is -0.610. The molecule has 166 valence electrons. The van der Waals surface area contributed by atoms with E-state index in [1.165, 1.54) is 24.5 Å². The first kappa shape index (κ1) is 22.5. The molecular formula is C20H25N5O5S. The van der Waals surface area contributed by atoms with Crippen molar-refractivity contribution in [2.45, 2.75) is 19.9 Å². The van der Waals surface area contributed by atoms with Crippen molar-refractivity contribution in [1.29, 1.82) is 0 Å². The number of amides is 1. The van der Waals surface area contributed by atoms with Crippen molar-refractivity contribution in [3.63, 3.8) is 0 Å². The SMILES string of the molecule is COC[C@@H](Nc1cc(C(=O)Nc2nnc(-c3cccn3C)s2)oc(=O)c1OC)C(C)C. The highest BCUT2D eigenvalue weighted by Gasteiger charge is 2.22. The smallest absolute Gasteiger partial charge is 0.381 e. The van der Waals surface area contributed by atoms with E-state index in [1.54, 1.807) is 7.11 Å².